The topological polar surface area (TPSA) is 22.1 Å². The van der Waals surface area contributed by atoms with E-state index in [1.54, 1.807) is 0 Å². The van der Waals surface area contributed by atoms with E-state index in [4.69, 9.17) is 4.74 Å². The molecular weight excluding hydrogens is 316 g/mol. The third kappa shape index (κ3) is 5.43. The second kappa shape index (κ2) is 6.64. The normalized spacial score (nSPS) is 12.3. The Kier molecular flexibility index (Phi) is 5.71. The van der Waals surface area contributed by atoms with E-state index in [0.29, 0.717) is 17.1 Å². The highest BCUT2D eigenvalue weighted by Gasteiger charge is 2.22. The van der Waals surface area contributed by atoms with Crippen molar-refractivity contribution in [3.8, 4) is 5.75 Å². The summed E-state index contributed by atoms with van der Waals surface area (Å²) in [7, 11) is 0. The van der Waals surface area contributed by atoms with E-state index in [1.165, 1.54) is 12.3 Å². The minimum atomic E-state index is -2.57. The van der Waals surface area contributed by atoms with Gasteiger partial charge in [-0.05, 0) is 39.8 Å². The maximum Gasteiger partial charge on any atom is 0.267 e. The van der Waals surface area contributed by atoms with Crippen molar-refractivity contribution in [3.05, 3.63) is 22.4 Å². The smallest absolute Gasteiger partial charge is 0.267 e. The molecule has 108 valence electrons. The van der Waals surface area contributed by atoms with Crippen molar-refractivity contribution in [1.82, 2.24) is 4.98 Å². The van der Waals surface area contributed by atoms with Gasteiger partial charge in [-0.15, -0.1) is 0 Å². The van der Waals surface area contributed by atoms with E-state index in [0.717, 1.165) is 6.42 Å². The van der Waals surface area contributed by atoms with Gasteiger partial charge in [-0.2, -0.15) is 0 Å². The molecule has 1 heterocycles. The number of hydrogen-bond donors (Lipinski definition) is 0. The summed E-state index contributed by atoms with van der Waals surface area (Å²) in [5.41, 5.74) is -0.178. The molecule has 0 aromatic carbocycles. The molecule has 0 N–H and O–H groups in total. The number of pyridine rings is 1. The molecule has 0 atom stereocenters. The number of alkyl halides is 2. The van der Waals surface area contributed by atoms with Gasteiger partial charge in [-0.1, -0.05) is 27.7 Å². The molecule has 2 nitrogen and oxygen atoms in total. The summed E-state index contributed by atoms with van der Waals surface area (Å²) in [4.78, 5) is 3.94. The molecule has 19 heavy (non-hydrogen) atoms. The Labute approximate surface area is 121 Å². The van der Waals surface area contributed by atoms with Crippen molar-refractivity contribution in [2.24, 2.45) is 11.3 Å². The second-order valence-corrected chi connectivity index (χ2v) is 6.71. The van der Waals surface area contributed by atoms with Crippen LogP contribution < -0.4 is 4.74 Å². The zero-order valence-electron chi connectivity index (χ0n) is 11.7. The monoisotopic (exact) mass is 335 g/mol. The number of nitrogens with zero attached hydrogens (tertiary/aromatic N) is 1. The first kappa shape index (κ1) is 16.3. The average Bonchev–Trinajstić information content (AvgIpc) is 2.25. The van der Waals surface area contributed by atoms with Crippen LogP contribution in [0.5, 0.6) is 5.75 Å². The van der Waals surface area contributed by atoms with Crippen LogP contribution in [-0.2, 0) is 0 Å². The summed E-state index contributed by atoms with van der Waals surface area (Å²) in [6, 6.07) is 1.30. The van der Waals surface area contributed by atoms with E-state index in [2.05, 4.69) is 48.6 Å². The van der Waals surface area contributed by atoms with E-state index < -0.39 is 6.43 Å². The Balaban J connectivity index is 2.77. The Morgan fingerprint density at radius 3 is 2.53 bits per heavy atom. The first-order valence-electron chi connectivity index (χ1n) is 6.27. The van der Waals surface area contributed by atoms with Crippen LogP contribution in [0.15, 0.2) is 16.9 Å². The van der Waals surface area contributed by atoms with Crippen LogP contribution in [0.1, 0.15) is 46.1 Å². The SMILES string of the molecule is CC(C)CC(C)(C)COc1cnc(Br)cc1C(F)F. The summed E-state index contributed by atoms with van der Waals surface area (Å²) in [6.45, 7) is 8.80. The highest BCUT2D eigenvalue weighted by molar-refractivity contribution is 9.10. The van der Waals surface area contributed by atoms with Crippen LogP contribution in [0.2, 0.25) is 0 Å². The molecule has 0 saturated heterocycles. The molecule has 0 amide bonds. The lowest BCUT2D eigenvalue weighted by Gasteiger charge is -2.27. The van der Waals surface area contributed by atoms with Crippen molar-refractivity contribution in [2.45, 2.75) is 40.5 Å². The third-order valence-electron chi connectivity index (χ3n) is 2.68. The summed E-state index contributed by atoms with van der Waals surface area (Å²) in [5, 5.41) is 0. The largest absolute Gasteiger partial charge is 0.491 e. The fourth-order valence-electron chi connectivity index (χ4n) is 2.16. The van der Waals surface area contributed by atoms with Gasteiger partial charge in [0, 0.05) is 0 Å². The average molecular weight is 336 g/mol. The standard InChI is InChI=1S/C14H20BrF2NO/c1-9(2)6-14(3,4)8-19-11-7-18-12(15)5-10(11)13(16)17/h5,7,9,13H,6,8H2,1-4H3. The number of halogens is 3. The molecule has 1 aromatic heterocycles. The lowest BCUT2D eigenvalue weighted by Crippen LogP contribution is -2.23. The van der Waals surface area contributed by atoms with Gasteiger partial charge >= 0.3 is 0 Å². The fourth-order valence-corrected chi connectivity index (χ4v) is 2.51. The Bertz CT molecular complexity index is 422. The quantitative estimate of drug-likeness (QED) is 0.664. The summed E-state index contributed by atoms with van der Waals surface area (Å²) < 4.78 is 31.8. The van der Waals surface area contributed by atoms with Gasteiger partial charge in [-0.25, -0.2) is 13.8 Å². The van der Waals surface area contributed by atoms with Crippen molar-refractivity contribution in [1.29, 1.82) is 0 Å². The van der Waals surface area contributed by atoms with E-state index in [-0.39, 0.29) is 16.7 Å². The molecule has 1 rings (SSSR count). The Morgan fingerprint density at radius 2 is 2.00 bits per heavy atom. The van der Waals surface area contributed by atoms with Crippen molar-refractivity contribution in [2.75, 3.05) is 6.61 Å². The van der Waals surface area contributed by atoms with Gasteiger partial charge in [0.05, 0.1) is 18.4 Å². The lowest BCUT2D eigenvalue weighted by atomic mass is 9.85. The minimum Gasteiger partial charge on any atom is -0.491 e. The van der Waals surface area contributed by atoms with Crippen LogP contribution >= 0.6 is 15.9 Å². The molecule has 0 aliphatic heterocycles. The van der Waals surface area contributed by atoms with E-state index >= 15 is 0 Å². The minimum absolute atomic E-state index is 0.0549. The van der Waals surface area contributed by atoms with Gasteiger partial charge in [0.25, 0.3) is 6.43 Å². The van der Waals surface area contributed by atoms with Crippen LogP contribution in [-0.4, -0.2) is 11.6 Å². The van der Waals surface area contributed by atoms with Crippen LogP contribution in [0.3, 0.4) is 0 Å². The van der Waals surface area contributed by atoms with Crippen LogP contribution in [0.4, 0.5) is 8.78 Å². The van der Waals surface area contributed by atoms with Gasteiger partial charge in [0.1, 0.15) is 10.4 Å². The predicted octanol–water partition coefficient (Wildman–Crippen LogP) is 5.23. The van der Waals surface area contributed by atoms with Crippen molar-refractivity contribution >= 4 is 15.9 Å². The van der Waals surface area contributed by atoms with Gasteiger partial charge in [0.15, 0.2) is 0 Å². The lowest BCUT2D eigenvalue weighted by molar-refractivity contribution is 0.127. The van der Waals surface area contributed by atoms with E-state index in [9.17, 15) is 8.78 Å². The Morgan fingerprint density at radius 1 is 1.37 bits per heavy atom. The molecule has 0 saturated carbocycles. The summed E-state index contributed by atoms with van der Waals surface area (Å²) in [5.74, 6) is 0.700. The highest BCUT2D eigenvalue weighted by atomic mass is 79.9. The molecule has 0 unspecified atom stereocenters. The zero-order valence-corrected chi connectivity index (χ0v) is 13.3. The van der Waals surface area contributed by atoms with Crippen molar-refractivity contribution < 1.29 is 13.5 Å². The summed E-state index contributed by atoms with van der Waals surface area (Å²) in [6.07, 6.45) is -0.250. The maximum absolute atomic E-state index is 12.9. The van der Waals surface area contributed by atoms with Crippen molar-refractivity contribution in [3.63, 3.8) is 0 Å². The first-order valence-corrected chi connectivity index (χ1v) is 7.07. The third-order valence-corrected chi connectivity index (χ3v) is 3.11. The zero-order chi connectivity index (χ0) is 14.6. The van der Waals surface area contributed by atoms with Crippen LogP contribution in [0, 0.1) is 11.3 Å². The molecule has 0 radical (unpaired) electrons. The number of ether oxygens (including phenoxy) is 1. The molecule has 5 heteroatoms. The molecule has 0 spiro atoms. The maximum atomic E-state index is 12.9. The summed E-state index contributed by atoms with van der Waals surface area (Å²) >= 11 is 3.09. The number of aromatic nitrogens is 1. The van der Waals surface area contributed by atoms with Gasteiger partial charge in [-0.3, -0.25) is 0 Å². The van der Waals surface area contributed by atoms with Crippen LogP contribution in [0.25, 0.3) is 0 Å². The number of hydrogen-bond acceptors (Lipinski definition) is 2. The molecule has 0 bridgehead atoms. The molecule has 0 aliphatic rings. The Hall–Kier alpha value is -0.710. The predicted molar refractivity (Wildman–Crippen MR) is 75.6 cm³/mol. The molecule has 0 fully saturated rings. The van der Waals surface area contributed by atoms with E-state index in [1.807, 2.05) is 0 Å². The fraction of sp³-hybridized carbons (Fsp3) is 0.643. The second-order valence-electron chi connectivity index (χ2n) is 5.90. The molecule has 0 aliphatic carbocycles. The first-order chi connectivity index (χ1) is 8.71. The molecular formula is C14H20BrF2NO. The van der Waals surface area contributed by atoms with Gasteiger partial charge < -0.3 is 4.74 Å². The highest BCUT2D eigenvalue weighted by Crippen LogP contribution is 2.32. The molecule has 1 aromatic rings. The number of rotatable bonds is 6. The van der Waals surface area contributed by atoms with Gasteiger partial charge in [0.2, 0.25) is 0 Å².